The second kappa shape index (κ2) is 10.2. The lowest BCUT2D eigenvalue weighted by Gasteiger charge is -2.34. The summed E-state index contributed by atoms with van der Waals surface area (Å²) in [6.45, 7) is 1.78. The molecule has 0 saturated heterocycles. The fraction of sp³-hybridized carbons (Fsp3) is 0.417. The Labute approximate surface area is 176 Å². The van der Waals surface area contributed by atoms with Crippen LogP contribution in [-0.2, 0) is 11.3 Å². The SMILES string of the molecule is COc1cc(C(C)=O)ccc1OCC(=O)N(Cc1ccc(F)cc1)C1CCCCC1. The van der Waals surface area contributed by atoms with E-state index in [9.17, 15) is 14.0 Å². The van der Waals surface area contributed by atoms with Gasteiger partial charge in [-0.3, -0.25) is 9.59 Å². The van der Waals surface area contributed by atoms with E-state index in [0.717, 1.165) is 31.2 Å². The normalized spacial score (nSPS) is 14.2. The van der Waals surface area contributed by atoms with Crippen LogP contribution in [0.3, 0.4) is 0 Å². The van der Waals surface area contributed by atoms with Crippen LogP contribution < -0.4 is 9.47 Å². The lowest BCUT2D eigenvalue weighted by atomic mass is 9.93. The molecular weight excluding hydrogens is 385 g/mol. The maximum Gasteiger partial charge on any atom is 0.261 e. The first kappa shape index (κ1) is 21.8. The third-order valence-corrected chi connectivity index (χ3v) is 5.52. The Bertz CT molecular complexity index is 875. The van der Waals surface area contributed by atoms with Crippen molar-refractivity contribution >= 4 is 11.7 Å². The number of hydrogen-bond donors (Lipinski definition) is 0. The smallest absolute Gasteiger partial charge is 0.261 e. The van der Waals surface area contributed by atoms with Crippen LogP contribution >= 0.6 is 0 Å². The maximum absolute atomic E-state index is 13.3. The molecule has 1 amide bonds. The molecule has 30 heavy (non-hydrogen) atoms. The molecule has 5 nitrogen and oxygen atoms in total. The van der Waals surface area contributed by atoms with E-state index >= 15 is 0 Å². The summed E-state index contributed by atoms with van der Waals surface area (Å²) in [5, 5.41) is 0. The van der Waals surface area contributed by atoms with Gasteiger partial charge in [-0.15, -0.1) is 0 Å². The first-order chi connectivity index (χ1) is 14.5. The molecule has 0 N–H and O–H groups in total. The lowest BCUT2D eigenvalue weighted by Crippen LogP contribution is -2.43. The van der Waals surface area contributed by atoms with Crippen LogP contribution in [0.5, 0.6) is 11.5 Å². The molecule has 2 aromatic rings. The van der Waals surface area contributed by atoms with Crippen molar-refractivity contribution in [2.45, 2.75) is 51.6 Å². The Balaban J connectivity index is 1.72. The topological polar surface area (TPSA) is 55.8 Å². The van der Waals surface area contributed by atoms with Crippen molar-refractivity contribution in [1.29, 1.82) is 0 Å². The Hall–Kier alpha value is -2.89. The van der Waals surface area contributed by atoms with Gasteiger partial charge in [0.15, 0.2) is 23.9 Å². The Morgan fingerprint density at radius 3 is 2.37 bits per heavy atom. The molecule has 0 radical (unpaired) electrons. The molecule has 1 saturated carbocycles. The number of methoxy groups -OCH3 is 1. The highest BCUT2D eigenvalue weighted by atomic mass is 19.1. The number of Topliss-reactive ketones (excluding diaryl/α,β-unsaturated/α-hetero) is 1. The van der Waals surface area contributed by atoms with Crippen molar-refractivity contribution in [2.24, 2.45) is 0 Å². The largest absolute Gasteiger partial charge is 0.493 e. The van der Waals surface area contributed by atoms with Gasteiger partial charge in [0.25, 0.3) is 5.91 Å². The summed E-state index contributed by atoms with van der Waals surface area (Å²) in [6.07, 6.45) is 5.30. The van der Waals surface area contributed by atoms with E-state index in [0.29, 0.717) is 23.6 Å². The van der Waals surface area contributed by atoms with Gasteiger partial charge in [0.1, 0.15) is 5.82 Å². The van der Waals surface area contributed by atoms with E-state index in [2.05, 4.69) is 0 Å². The molecule has 160 valence electrons. The Morgan fingerprint density at radius 1 is 1.03 bits per heavy atom. The zero-order valence-corrected chi connectivity index (χ0v) is 17.5. The molecule has 0 atom stereocenters. The molecule has 6 heteroatoms. The Kier molecular flexibility index (Phi) is 7.44. The monoisotopic (exact) mass is 413 g/mol. The van der Waals surface area contributed by atoms with Crippen LogP contribution in [0.15, 0.2) is 42.5 Å². The molecule has 0 aliphatic heterocycles. The minimum atomic E-state index is -0.293. The molecule has 1 fully saturated rings. The van der Waals surface area contributed by atoms with Gasteiger partial charge in [-0.05, 0) is 55.7 Å². The van der Waals surface area contributed by atoms with Crippen LogP contribution in [0.2, 0.25) is 0 Å². The van der Waals surface area contributed by atoms with E-state index in [-0.39, 0.29) is 30.2 Å². The number of rotatable bonds is 8. The van der Waals surface area contributed by atoms with E-state index in [4.69, 9.17) is 9.47 Å². The summed E-state index contributed by atoms with van der Waals surface area (Å²) in [5.41, 5.74) is 1.41. The van der Waals surface area contributed by atoms with Crippen molar-refractivity contribution in [1.82, 2.24) is 4.90 Å². The van der Waals surface area contributed by atoms with Crippen molar-refractivity contribution in [2.75, 3.05) is 13.7 Å². The van der Waals surface area contributed by atoms with E-state index < -0.39 is 0 Å². The highest BCUT2D eigenvalue weighted by Crippen LogP contribution is 2.29. The lowest BCUT2D eigenvalue weighted by molar-refractivity contribution is -0.137. The van der Waals surface area contributed by atoms with Crippen molar-refractivity contribution in [3.8, 4) is 11.5 Å². The van der Waals surface area contributed by atoms with Gasteiger partial charge in [-0.25, -0.2) is 4.39 Å². The summed E-state index contributed by atoms with van der Waals surface area (Å²) >= 11 is 0. The average molecular weight is 413 g/mol. The van der Waals surface area contributed by atoms with Crippen LogP contribution in [0.1, 0.15) is 54.9 Å². The molecule has 0 aromatic heterocycles. The number of amides is 1. The summed E-state index contributed by atoms with van der Waals surface area (Å²) in [5.74, 6) is 0.348. The zero-order valence-electron chi connectivity index (χ0n) is 17.5. The highest BCUT2D eigenvalue weighted by Gasteiger charge is 2.26. The van der Waals surface area contributed by atoms with Crippen LogP contribution in [0, 0.1) is 5.82 Å². The minimum Gasteiger partial charge on any atom is -0.493 e. The molecule has 1 aliphatic carbocycles. The first-order valence-electron chi connectivity index (χ1n) is 10.3. The quantitative estimate of drug-likeness (QED) is 0.585. The van der Waals surface area contributed by atoms with Crippen LogP contribution in [-0.4, -0.2) is 36.3 Å². The predicted molar refractivity (Wildman–Crippen MR) is 112 cm³/mol. The third kappa shape index (κ3) is 5.59. The number of carbonyl (C=O) groups excluding carboxylic acids is 2. The van der Waals surface area contributed by atoms with E-state index in [1.54, 1.807) is 30.3 Å². The number of halogens is 1. The van der Waals surface area contributed by atoms with Gasteiger partial charge in [0, 0.05) is 18.2 Å². The molecular formula is C24H28FNO4. The number of benzene rings is 2. The number of carbonyl (C=O) groups is 2. The summed E-state index contributed by atoms with van der Waals surface area (Å²) in [6, 6.07) is 11.3. The third-order valence-electron chi connectivity index (χ3n) is 5.52. The maximum atomic E-state index is 13.3. The van der Waals surface area contributed by atoms with Crippen molar-refractivity contribution < 1.29 is 23.5 Å². The molecule has 3 rings (SSSR count). The van der Waals surface area contributed by atoms with E-state index in [1.165, 1.54) is 32.6 Å². The average Bonchev–Trinajstić information content (AvgIpc) is 2.77. The van der Waals surface area contributed by atoms with Gasteiger partial charge < -0.3 is 14.4 Å². The number of hydrogen-bond acceptors (Lipinski definition) is 4. The summed E-state index contributed by atoms with van der Waals surface area (Å²) < 4.78 is 24.3. The molecule has 0 unspecified atom stereocenters. The predicted octanol–water partition coefficient (Wildman–Crippen LogP) is 4.78. The standard InChI is InChI=1S/C24H28FNO4/c1-17(27)19-10-13-22(23(14-19)29-2)30-16-24(28)26(21-6-4-3-5-7-21)15-18-8-11-20(25)12-9-18/h8-14,21H,3-7,15-16H2,1-2H3. The van der Waals surface area contributed by atoms with Crippen LogP contribution in [0.25, 0.3) is 0 Å². The molecule has 1 aliphatic rings. The number of nitrogens with zero attached hydrogens (tertiary/aromatic N) is 1. The van der Waals surface area contributed by atoms with Gasteiger partial charge in [0.05, 0.1) is 7.11 Å². The van der Waals surface area contributed by atoms with Crippen molar-refractivity contribution in [3.05, 3.63) is 59.4 Å². The molecule has 0 spiro atoms. The van der Waals surface area contributed by atoms with Gasteiger partial charge in [0.2, 0.25) is 0 Å². The fourth-order valence-corrected chi connectivity index (χ4v) is 3.83. The van der Waals surface area contributed by atoms with Gasteiger partial charge in [-0.2, -0.15) is 0 Å². The minimum absolute atomic E-state index is 0.0707. The second-order valence-corrected chi connectivity index (χ2v) is 7.65. The molecule has 0 heterocycles. The number of ketones is 1. The van der Waals surface area contributed by atoms with E-state index in [1.807, 2.05) is 4.90 Å². The zero-order chi connectivity index (χ0) is 21.5. The second-order valence-electron chi connectivity index (χ2n) is 7.65. The van der Waals surface area contributed by atoms with Gasteiger partial charge >= 0.3 is 0 Å². The molecule has 2 aromatic carbocycles. The van der Waals surface area contributed by atoms with Gasteiger partial charge in [-0.1, -0.05) is 31.4 Å². The first-order valence-corrected chi connectivity index (χ1v) is 10.3. The summed E-state index contributed by atoms with van der Waals surface area (Å²) in [4.78, 5) is 26.5. The highest BCUT2D eigenvalue weighted by molar-refractivity contribution is 5.94. The fourth-order valence-electron chi connectivity index (χ4n) is 3.83. The number of ether oxygens (including phenoxy) is 2. The van der Waals surface area contributed by atoms with Crippen LogP contribution in [0.4, 0.5) is 4.39 Å². The molecule has 0 bridgehead atoms. The van der Waals surface area contributed by atoms with Crippen molar-refractivity contribution in [3.63, 3.8) is 0 Å². The Morgan fingerprint density at radius 2 is 1.73 bits per heavy atom. The summed E-state index contributed by atoms with van der Waals surface area (Å²) in [7, 11) is 1.50.